The number of nitrogens with two attached hydrogens (primary N) is 1. The second-order valence-corrected chi connectivity index (χ2v) is 5.72. The molecule has 0 saturated heterocycles. The van der Waals surface area contributed by atoms with Crippen molar-refractivity contribution in [3.63, 3.8) is 0 Å². The van der Waals surface area contributed by atoms with E-state index in [4.69, 9.17) is 5.73 Å². The Balaban J connectivity index is 0.00000180. The number of phenols is 1. The van der Waals surface area contributed by atoms with Gasteiger partial charge in [-0.15, -0.1) is 12.4 Å². The molecule has 1 aliphatic rings. The molecule has 0 atom stereocenters. The zero-order valence-corrected chi connectivity index (χ0v) is 12.9. The summed E-state index contributed by atoms with van der Waals surface area (Å²) in [5.41, 5.74) is 5.72. The maximum atomic E-state index is 12.3. The quantitative estimate of drug-likeness (QED) is 0.734. The molecule has 106 valence electrons. The van der Waals surface area contributed by atoms with Crippen molar-refractivity contribution < 1.29 is 9.90 Å². The molecule has 1 amide bonds. The maximum absolute atomic E-state index is 12.3. The zero-order chi connectivity index (χ0) is 13.2. The Hall–Kier alpha value is -0.780. The van der Waals surface area contributed by atoms with Crippen LogP contribution in [0, 0.1) is 5.41 Å². The number of rotatable bonds is 3. The summed E-state index contributed by atoms with van der Waals surface area (Å²) in [6.45, 7) is 0.355. The van der Waals surface area contributed by atoms with E-state index in [-0.39, 0.29) is 24.1 Å². The van der Waals surface area contributed by atoms with E-state index in [0.29, 0.717) is 12.2 Å². The molecule has 1 aromatic carbocycles. The number of nitrogens with one attached hydrogen (secondary N) is 1. The lowest BCUT2D eigenvalue weighted by Crippen LogP contribution is -2.40. The van der Waals surface area contributed by atoms with Crippen LogP contribution in [-0.2, 0) is 4.79 Å². The third kappa shape index (κ3) is 3.41. The van der Waals surface area contributed by atoms with Gasteiger partial charge in [-0.1, -0.05) is 28.8 Å². The highest BCUT2D eigenvalue weighted by atomic mass is 79.9. The number of carbonyl (C=O) groups excluding carboxylic acids is 1. The van der Waals surface area contributed by atoms with Crippen LogP contribution in [0.5, 0.6) is 5.75 Å². The van der Waals surface area contributed by atoms with E-state index in [1.54, 1.807) is 18.2 Å². The molecule has 0 aliphatic heterocycles. The van der Waals surface area contributed by atoms with Gasteiger partial charge in [-0.2, -0.15) is 0 Å². The number of anilines is 1. The van der Waals surface area contributed by atoms with Crippen molar-refractivity contribution >= 4 is 39.9 Å². The van der Waals surface area contributed by atoms with E-state index in [1.807, 2.05) is 0 Å². The predicted octanol–water partition coefficient (Wildman–Crippen LogP) is 3.03. The molecule has 2 rings (SSSR count). The van der Waals surface area contributed by atoms with E-state index in [1.165, 1.54) is 0 Å². The minimum atomic E-state index is -0.464. The van der Waals surface area contributed by atoms with Gasteiger partial charge in [0.05, 0.1) is 11.1 Å². The Morgan fingerprint density at radius 1 is 1.42 bits per heavy atom. The summed E-state index contributed by atoms with van der Waals surface area (Å²) < 4.78 is 0.809. The van der Waals surface area contributed by atoms with E-state index < -0.39 is 5.41 Å². The first-order chi connectivity index (χ1) is 8.57. The van der Waals surface area contributed by atoms with Crippen molar-refractivity contribution in [2.75, 3.05) is 11.9 Å². The van der Waals surface area contributed by atoms with Crippen molar-refractivity contribution in [1.82, 2.24) is 0 Å². The fourth-order valence-electron chi connectivity index (χ4n) is 2.44. The van der Waals surface area contributed by atoms with Gasteiger partial charge in [0, 0.05) is 11.0 Å². The molecular weight excluding hydrogens is 332 g/mol. The molecule has 0 unspecified atom stereocenters. The van der Waals surface area contributed by atoms with E-state index in [0.717, 1.165) is 30.2 Å². The molecule has 0 aromatic heterocycles. The van der Waals surface area contributed by atoms with Crippen molar-refractivity contribution in [3.8, 4) is 5.75 Å². The van der Waals surface area contributed by atoms with Gasteiger partial charge in [0.15, 0.2) is 0 Å². The zero-order valence-electron chi connectivity index (χ0n) is 10.5. The van der Waals surface area contributed by atoms with Crippen molar-refractivity contribution in [2.24, 2.45) is 11.1 Å². The first kappa shape index (κ1) is 16.3. The lowest BCUT2D eigenvalue weighted by Gasteiger charge is -2.25. The summed E-state index contributed by atoms with van der Waals surface area (Å²) in [4.78, 5) is 12.3. The van der Waals surface area contributed by atoms with Gasteiger partial charge in [0.1, 0.15) is 5.75 Å². The number of carbonyl (C=O) groups is 1. The summed E-state index contributed by atoms with van der Waals surface area (Å²) in [5, 5.41) is 12.5. The third-order valence-electron chi connectivity index (χ3n) is 3.64. The van der Waals surface area contributed by atoms with Gasteiger partial charge in [-0.05, 0) is 31.0 Å². The van der Waals surface area contributed by atoms with Gasteiger partial charge >= 0.3 is 0 Å². The SMILES string of the molecule is Cl.NCC1(C(=O)Nc2cc(Br)ccc2O)CCCC1. The molecule has 1 fully saturated rings. The Morgan fingerprint density at radius 2 is 2.05 bits per heavy atom. The molecule has 1 aromatic rings. The first-order valence-electron chi connectivity index (χ1n) is 6.07. The summed E-state index contributed by atoms with van der Waals surface area (Å²) >= 11 is 3.31. The number of hydrogen-bond donors (Lipinski definition) is 3. The van der Waals surface area contributed by atoms with Crippen LogP contribution >= 0.6 is 28.3 Å². The molecule has 4 N–H and O–H groups in total. The van der Waals surface area contributed by atoms with Gasteiger partial charge < -0.3 is 16.2 Å². The van der Waals surface area contributed by atoms with Crippen LogP contribution in [-0.4, -0.2) is 17.6 Å². The monoisotopic (exact) mass is 348 g/mol. The van der Waals surface area contributed by atoms with Gasteiger partial charge in [-0.3, -0.25) is 4.79 Å². The highest BCUT2D eigenvalue weighted by Gasteiger charge is 2.39. The third-order valence-corrected chi connectivity index (χ3v) is 4.13. The second-order valence-electron chi connectivity index (χ2n) is 4.81. The van der Waals surface area contributed by atoms with Crippen LogP contribution in [0.2, 0.25) is 0 Å². The van der Waals surface area contributed by atoms with Gasteiger partial charge in [0.2, 0.25) is 5.91 Å². The molecule has 0 heterocycles. The fraction of sp³-hybridized carbons (Fsp3) is 0.462. The molecule has 6 heteroatoms. The molecule has 19 heavy (non-hydrogen) atoms. The van der Waals surface area contributed by atoms with E-state index >= 15 is 0 Å². The van der Waals surface area contributed by atoms with Crippen molar-refractivity contribution in [1.29, 1.82) is 0 Å². The lowest BCUT2D eigenvalue weighted by atomic mass is 9.85. The van der Waals surface area contributed by atoms with Gasteiger partial charge in [0.25, 0.3) is 0 Å². The van der Waals surface area contributed by atoms with Crippen molar-refractivity contribution in [2.45, 2.75) is 25.7 Å². The van der Waals surface area contributed by atoms with E-state index in [2.05, 4.69) is 21.2 Å². The fourth-order valence-corrected chi connectivity index (χ4v) is 2.80. The number of amides is 1. The number of aromatic hydroxyl groups is 1. The smallest absolute Gasteiger partial charge is 0.231 e. The minimum Gasteiger partial charge on any atom is -0.506 e. The molecule has 1 saturated carbocycles. The predicted molar refractivity (Wildman–Crippen MR) is 81.6 cm³/mol. The number of halogens is 2. The number of benzene rings is 1. The summed E-state index contributed by atoms with van der Waals surface area (Å²) in [6.07, 6.45) is 3.72. The normalized spacial score (nSPS) is 16.7. The van der Waals surface area contributed by atoms with Gasteiger partial charge in [-0.25, -0.2) is 0 Å². The van der Waals surface area contributed by atoms with E-state index in [9.17, 15) is 9.90 Å². The number of phenolic OH excluding ortho intramolecular Hbond substituents is 1. The van der Waals surface area contributed by atoms with Crippen LogP contribution in [0.4, 0.5) is 5.69 Å². The molecule has 0 bridgehead atoms. The maximum Gasteiger partial charge on any atom is 0.231 e. The minimum absolute atomic E-state index is 0. The Morgan fingerprint density at radius 3 is 2.63 bits per heavy atom. The molecule has 4 nitrogen and oxygen atoms in total. The first-order valence-corrected chi connectivity index (χ1v) is 6.87. The van der Waals surface area contributed by atoms with Crippen LogP contribution in [0.3, 0.4) is 0 Å². The average Bonchev–Trinajstić information content (AvgIpc) is 2.84. The Kier molecular flexibility index (Phi) is 5.64. The molecular formula is C13H18BrClN2O2. The highest BCUT2D eigenvalue weighted by molar-refractivity contribution is 9.10. The largest absolute Gasteiger partial charge is 0.506 e. The summed E-state index contributed by atoms with van der Waals surface area (Å²) in [6, 6.07) is 4.95. The lowest BCUT2D eigenvalue weighted by molar-refractivity contribution is -0.124. The van der Waals surface area contributed by atoms with Crippen molar-refractivity contribution in [3.05, 3.63) is 22.7 Å². The topological polar surface area (TPSA) is 75.4 Å². The van der Waals surface area contributed by atoms with Crippen LogP contribution in [0.1, 0.15) is 25.7 Å². The average molecular weight is 350 g/mol. The van der Waals surface area contributed by atoms with Crippen LogP contribution in [0.15, 0.2) is 22.7 Å². The highest BCUT2D eigenvalue weighted by Crippen LogP contribution is 2.39. The summed E-state index contributed by atoms with van der Waals surface area (Å²) in [5.74, 6) is -0.0207. The standard InChI is InChI=1S/C13H17BrN2O2.ClH/c14-9-3-4-11(17)10(7-9)16-12(18)13(8-15)5-1-2-6-13;/h3-4,7,17H,1-2,5-6,8,15H2,(H,16,18);1H. The molecule has 0 radical (unpaired) electrons. The Bertz CT molecular complexity index is 462. The molecule has 0 spiro atoms. The second kappa shape index (κ2) is 6.59. The summed E-state index contributed by atoms with van der Waals surface area (Å²) in [7, 11) is 0. The van der Waals surface area contributed by atoms with Crippen LogP contribution in [0.25, 0.3) is 0 Å². The Labute approximate surface area is 127 Å². The number of hydrogen-bond acceptors (Lipinski definition) is 3. The molecule has 1 aliphatic carbocycles. The van der Waals surface area contributed by atoms with Crippen LogP contribution < -0.4 is 11.1 Å².